The summed E-state index contributed by atoms with van der Waals surface area (Å²) in [5, 5.41) is 0. The zero-order chi connectivity index (χ0) is 46.5. The van der Waals surface area contributed by atoms with Crippen LogP contribution in [0.1, 0.15) is 233 Å². The van der Waals surface area contributed by atoms with E-state index in [1.165, 1.54) is 96.3 Å². The van der Waals surface area contributed by atoms with Crippen molar-refractivity contribution in [2.45, 2.75) is 239 Å². The maximum atomic E-state index is 12.8. The molecule has 6 heteroatoms. The van der Waals surface area contributed by atoms with E-state index in [0.29, 0.717) is 19.3 Å². The molecule has 0 spiro atoms. The predicted octanol–water partition coefficient (Wildman–Crippen LogP) is 17.4. The molecule has 0 aromatic rings. The van der Waals surface area contributed by atoms with Gasteiger partial charge in [-0.05, 0) is 96.3 Å². The topological polar surface area (TPSA) is 78.9 Å². The molecule has 0 amide bonds. The smallest absolute Gasteiger partial charge is 0.306 e. The fraction of sp³-hybridized carbons (Fsp3) is 0.672. The number of carbonyl (C=O) groups excluding carboxylic acids is 3. The fourth-order valence-corrected chi connectivity index (χ4v) is 6.95. The van der Waals surface area contributed by atoms with Crippen LogP contribution in [0.25, 0.3) is 0 Å². The fourth-order valence-electron chi connectivity index (χ4n) is 6.95. The highest BCUT2D eigenvalue weighted by Crippen LogP contribution is 2.14. The highest BCUT2D eigenvalue weighted by Gasteiger charge is 2.19. The zero-order valence-electron chi connectivity index (χ0n) is 41.5. The minimum Gasteiger partial charge on any atom is -0.462 e. The van der Waals surface area contributed by atoms with Crippen LogP contribution in [-0.2, 0) is 28.6 Å². The molecule has 1 unspecified atom stereocenters. The third-order valence-corrected chi connectivity index (χ3v) is 10.9. The van der Waals surface area contributed by atoms with Crippen LogP contribution in [0.4, 0.5) is 0 Å². The van der Waals surface area contributed by atoms with Crippen LogP contribution in [0.5, 0.6) is 0 Å². The summed E-state index contributed by atoms with van der Waals surface area (Å²) < 4.78 is 16.7. The monoisotopic (exact) mass is 889 g/mol. The molecule has 0 rings (SSSR count). The van der Waals surface area contributed by atoms with Gasteiger partial charge >= 0.3 is 17.9 Å². The minimum atomic E-state index is -0.804. The summed E-state index contributed by atoms with van der Waals surface area (Å²) in [5.74, 6) is -0.968. The van der Waals surface area contributed by atoms with Crippen LogP contribution in [0.15, 0.2) is 97.2 Å². The highest BCUT2D eigenvalue weighted by molar-refractivity contribution is 5.71. The Morgan fingerprint density at radius 2 is 0.672 bits per heavy atom. The molecular weight excluding hydrogens is 793 g/mol. The lowest BCUT2D eigenvalue weighted by Gasteiger charge is -2.18. The molecule has 0 aliphatic carbocycles. The third kappa shape index (κ3) is 49.3. The third-order valence-electron chi connectivity index (χ3n) is 10.9. The summed E-state index contributed by atoms with van der Waals surface area (Å²) in [6, 6.07) is 0. The quantitative estimate of drug-likeness (QED) is 0.0199. The van der Waals surface area contributed by atoms with Gasteiger partial charge in [0.1, 0.15) is 13.2 Å². The van der Waals surface area contributed by atoms with Gasteiger partial charge in [0.25, 0.3) is 0 Å². The van der Waals surface area contributed by atoms with Crippen LogP contribution in [0, 0.1) is 0 Å². The molecule has 0 fully saturated rings. The molecule has 364 valence electrons. The molecule has 64 heavy (non-hydrogen) atoms. The molecule has 0 aliphatic heterocycles. The van der Waals surface area contributed by atoms with Crippen LogP contribution < -0.4 is 0 Å². The molecule has 6 nitrogen and oxygen atoms in total. The minimum absolute atomic E-state index is 0.100. The van der Waals surface area contributed by atoms with Crippen molar-refractivity contribution in [2.24, 2.45) is 0 Å². The summed E-state index contributed by atoms with van der Waals surface area (Å²) >= 11 is 0. The highest BCUT2D eigenvalue weighted by atomic mass is 16.6. The van der Waals surface area contributed by atoms with Gasteiger partial charge in [0.05, 0.1) is 0 Å². The summed E-state index contributed by atoms with van der Waals surface area (Å²) in [5.41, 5.74) is 0. The Morgan fingerprint density at radius 3 is 1.12 bits per heavy atom. The van der Waals surface area contributed by atoms with E-state index in [9.17, 15) is 14.4 Å². The Labute approximate surface area is 394 Å². The number of carbonyl (C=O) groups is 3. The van der Waals surface area contributed by atoms with Gasteiger partial charge in [-0.1, -0.05) is 214 Å². The van der Waals surface area contributed by atoms with Crippen molar-refractivity contribution in [3.63, 3.8) is 0 Å². The molecule has 0 heterocycles. The van der Waals surface area contributed by atoms with Gasteiger partial charge in [-0.15, -0.1) is 0 Å². The van der Waals surface area contributed by atoms with E-state index in [2.05, 4.69) is 118 Å². The molecule has 0 aromatic carbocycles. The van der Waals surface area contributed by atoms with E-state index in [1.807, 2.05) is 0 Å². The number of hydrogen-bond donors (Lipinski definition) is 0. The zero-order valence-corrected chi connectivity index (χ0v) is 41.5. The first kappa shape index (κ1) is 60.3. The molecule has 0 bridgehead atoms. The van der Waals surface area contributed by atoms with Crippen molar-refractivity contribution in [1.29, 1.82) is 0 Å². The Hall–Kier alpha value is -3.67. The van der Waals surface area contributed by atoms with Crippen LogP contribution in [0.2, 0.25) is 0 Å². The normalized spacial score (nSPS) is 12.9. The van der Waals surface area contributed by atoms with E-state index in [1.54, 1.807) is 0 Å². The van der Waals surface area contributed by atoms with Crippen LogP contribution in [-0.4, -0.2) is 37.2 Å². The van der Waals surface area contributed by atoms with Crippen molar-refractivity contribution < 1.29 is 28.6 Å². The maximum Gasteiger partial charge on any atom is 0.306 e. The lowest BCUT2D eigenvalue weighted by molar-refractivity contribution is -0.167. The molecule has 0 saturated carbocycles. The summed E-state index contributed by atoms with van der Waals surface area (Å²) in [6.45, 7) is 6.39. The predicted molar refractivity (Wildman–Crippen MR) is 274 cm³/mol. The summed E-state index contributed by atoms with van der Waals surface area (Å²) in [7, 11) is 0. The second-order valence-corrected chi connectivity index (χ2v) is 17.2. The van der Waals surface area contributed by atoms with Gasteiger partial charge in [0, 0.05) is 19.3 Å². The first-order valence-corrected chi connectivity index (χ1v) is 26.3. The molecule has 0 aliphatic rings. The Kier molecular flexibility index (Phi) is 49.0. The van der Waals surface area contributed by atoms with Gasteiger partial charge in [0.2, 0.25) is 0 Å². The molecule has 0 N–H and O–H groups in total. The Bertz CT molecular complexity index is 1300. The molecule has 0 radical (unpaired) electrons. The number of ether oxygens (including phenoxy) is 3. The maximum absolute atomic E-state index is 12.8. The second kappa shape index (κ2) is 52.0. The van der Waals surface area contributed by atoms with Crippen molar-refractivity contribution in [3.8, 4) is 0 Å². The molecule has 1 atom stereocenters. The first-order chi connectivity index (χ1) is 31.5. The van der Waals surface area contributed by atoms with E-state index in [-0.39, 0.29) is 31.1 Å². The number of allylic oxidation sites excluding steroid dienone is 16. The average Bonchev–Trinajstić information content (AvgIpc) is 3.29. The number of hydrogen-bond acceptors (Lipinski definition) is 6. The standard InChI is InChI=1S/C58H96O6/c1-4-7-10-13-16-19-21-23-25-27-29-31-32-34-36-39-42-45-48-51-57(60)63-54-55(53-62-56(59)50-47-44-41-38-18-15-12-9-6-3)64-58(61)52-49-46-43-40-37-35-33-30-28-26-24-22-20-17-14-11-8-5-2/h9,12,16-24,26,28,30,33,38,55H,4-8,10-11,13-15,25,27,29,31-32,34-37,39-54H2,1-3H3/b12-9-,19-16-,20-17-,23-21-,24-22-,28-26-,33-30-,38-18-. The second-order valence-electron chi connectivity index (χ2n) is 17.2. The Morgan fingerprint density at radius 1 is 0.344 bits per heavy atom. The summed E-state index contributed by atoms with van der Waals surface area (Å²) in [4.78, 5) is 37.9. The first-order valence-electron chi connectivity index (χ1n) is 26.3. The number of unbranched alkanes of at least 4 members (excludes halogenated alkanes) is 23. The molecular formula is C58H96O6. The largest absolute Gasteiger partial charge is 0.462 e. The van der Waals surface area contributed by atoms with Gasteiger partial charge in [-0.25, -0.2) is 0 Å². The lowest BCUT2D eigenvalue weighted by atomic mass is 10.1. The number of rotatable bonds is 46. The molecule has 0 aromatic heterocycles. The van der Waals surface area contributed by atoms with Crippen molar-refractivity contribution in [2.75, 3.05) is 13.2 Å². The SMILES string of the molecule is CC/C=C\C/C=C\CCCCC(=O)OCC(COC(=O)CCCCCCCCCCCC/C=C\C=C/CCCCC)OC(=O)CCCCCCC\C=C/C=C\C=C/C=C\CCCCC. The van der Waals surface area contributed by atoms with E-state index >= 15 is 0 Å². The molecule has 0 saturated heterocycles. The Balaban J connectivity index is 4.39. The van der Waals surface area contributed by atoms with Gasteiger partial charge < -0.3 is 14.2 Å². The number of esters is 3. The van der Waals surface area contributed by atoms with Gasteiger partial charge in [0.15, 0.2) is 6.10 Å². The van der Waals surface area contributed by atoms with Gasteiger partial charge in [-0.3, -0.25) is 14.4 Å². The van der Waals surface area contributed by atoms with E-state index in [0.717, 1.165) is 96.3 Å². The van der Waals surface area contributed by atoms with Crippen molar-refractivity contribution in [3.05, 3.63) is 97.2 Å². The lowest BCUT2D eigenvalue weighted by Crippen LogP contribution is -2.30. The van der Waals surface area contributed by atoms with Crippen molar-refractivity contribution in [1.82, 2.24) is 0 Å². The van der Waals surface area contributed by atoms with E-state index < -0.39 is 6.10 Å². The summed E-state index contributed by atoms with van der Waals surface area (Å²) in [6.07, 6.45) is 68.3. The van der Waals surface area contributed by atoms with Gasteiger partial charge in [-0.2, -0.15) is 0 Å². The van der Waals surface area contributed by atoms with Crippen LogP contribution >= 0.6 is 0 Å². The van der Waals surface area contributed by atoms with Crippen molar-refractivity contribution >= 4 is 17.9 Å². The van der Waals surface area contributed by atoms with E-state index in [4.69, 9.17) is 14.2 Å². The van der Waals surface area contributed by atoms with Crippen LogP contribution in [0.3, 0.4) is 0 Å². The average molecular weight is 889 g/mol.